The second-order valence-electron chi connectivity index (χ2n) is 10.1. The number of aliphatic hydroxyl groups is 7. The molecule has 1 aromatic carbocycles. The molecule has 0 bridgehead atoms. The van der Waals surface area contributed by atoms with Crippen LogP contribution in [0.25, 0.3) is 6.08 Å². The number of carboxylic acids is 1. The zero-order valence-corrected chi connectivity index (χ0v) is 22.1. The molecule has 230 valence electrons. The van der Waals surface area contributed by atoms with E-state index in [4.69, 9.17) is 28.8 Å². The third-order valence-corrected chi connectivity index (χ3v) is 6.52. The SMILES string of the molecule is C[C@@](O)(CC(=O)O)CC(=O)OC[C@H]1O[C@@H](O/C=C/c2ccccc2)[C@H](O)[C@@H](O)[C@@H]1O[C@@H]1O[C@H](CO)[C@@H](O)[C@H](O)[C@H]1O. The van der Waals surface area contributed by atoms with Crippen LogP contribution in [0.3, 0.4) is 0 Å². The molecule has 0 aromatic heterocycles. The number of carbonyl (C=O) groups excluding carboxylic acids is 1. The lowest BCUT2D eigenvalue weighted by Gasteiger charge is -2.45. The normalized spacial score (nSPS) is 35.5. The largest absolute Gasteiger partial charge is 0.481 e. The van der Waals surface area contributed by atoms with Crippen LogP contribution in [-0.2, 0) is 33.3 Å². The van der Waals surface area contributed by atoms with Gasteiger partial charge in [0.25, 0.3) is 0 Å². The number of ether oxygens (including phenoxy) is 5. The summed E-state index contributed by atoms with van der Waals surface area (Å²) in [4.78, 5) is 23.3. The first-order valence-corrected chi connectivity index (χ1v) is 12.8. The highest BCUT2D eigenvalue weighted by Gasteiger charge is 2.51. The van der Waals surface area contributed by atoms with E-state index in [-0.39, 0.29) is 0 Å². The molecule has 11 atom stereocenters. The number of benzene rings is 1. The quantitative estimate of drug-likeness (QED) is 0.0927. The summed E-state index contributed by atoms with van der Waals surface area (Å²) in [5, 5.41) is 80.5. The summed E-state index contributed by atoms with van der Waals surface area (Å²) in [7, 11) is 0. The first kappa shape index (κ1) is 32.8. The minimum Gasteiger partial charge on any atom is -0.481 e. The van der Waals surface area contributed by atoms with Crippen LogP contribution in [0, 0.1) is 0 Å². The Hall–Kier alpha value is -2.70. The molecule has 3 rings (SSSR count). The van der Waals surface area contributed by atoms with Crippen LogP contribution in [0.4, 0.5) is 0 Å². The molecule has 15 heteroatoms. The van der Waals surface area contributed by atoms with E-state index in [2.05, 4.69) is 0 Å². The van der Waals surface area contributed by atoms with Gasteiger partial charge in [-0.15, -0.1) is 0 Å². The first-order chi connectivity index (χ1) is 19.3. The van der Waals surface area contributed by atoms with Gasteiger partial charge in [0.05, 0.1) is 31.3 Å². The third kappa shape index (κ3) is 8.89. The van der Waals surface area contributed by atoms with Crippen LogP contribution in [0.1, 0.15) is 25.3 Å². The predicted molar refractivity (Wildman–Crippen MR) is 134 cm³/mol. The lowest BCUT2D eigenvalue weighted by Crippen LogP contribution is -2.64. The fourth-order valence-electron chi connectivity index (χ4n) is 4.34. The van der Waals surface area contributed by atoms with Crippen LogP contribution < -0.4 is 0 Å². The Morgan fingerprint density at radius 1 is 0.902 bits per heavy atom. The number of esters is 1. The molecule has 2 heterocycles. The summed E-state index contributed by atoms with van der Waals surface area (Å²) in [6.45, 7) is -0.276. The summed E-state index contributed by atoms with van der Waals surface area (Å²) < 4.78 is 27.2. The Morgan fingerprint density at radius 2 is 1.54 bits per heavy atom. The van der Waals surface area contributed by atoms with Gasteiger partial charge in [0, 0.05) is 0 Å². The maximum atomic E-state index is 12.4. The molecule has 41 heavy (non-hydrogen) atoms. The number of hydrogen-bond donors (Lipinski definition) is 8. The van der Waals surface area contributed by atoms with Crippen molar-refractivity contribution in [1.82, 2.24) is 0 Å². The molecule has 2 aliphatic heterocycles. The van der Waals surface area contributed by atoms with Crippen molar-refractivity contribution in [2.24, 2.45) is 0 Å². The van der Waals surface area contributed by atoms with Crippen LogP contribution in [0.5, 0.6) is 0 Å². The van der Waals surface area contributed by atoms with Crippen molar-refractivity contribution in [2.45, 2.75) is 86.8 Å². The number of rotatable bonds is 12. The summed E-state index contributed by atoms with van der Waals surface area (Å²) >= 11 is 0. The third-order valence-electron chi connectivity index (χ3n) is 6.52. The van der Waals surface area contributed by atoms with Crippen LogP contribution in [-0.4, -0.2) is 133 Å². The van der Waals surface area contributed by atoms with Gasteiger partial charge in [0.1, 0.15) is 55.4 Å². The van der Waals surface area contributed by atoms with Gasteiger partial charge in [-0.3, -0.25) is 9.59 Å². The minimum atomic E-state index is -1.92. The van der Waals surface area contributed by atoms with Gasteiger partial charge in [-0.25, -0.2) is 0 Å². The topological polar surface area (TPSA) is 242 Å². The molecule has 8 N–H and O–H groups in total. The van der Waals surface area contributed by atoms with Crippen LogP contribution in [0.2, 0.25) is 0 Å². The van der Waals surface area contributed by atoms with Crippen molar-refractivity contribution < 1.29 is 74.1 Å². The van der Waals surface area contributed by atoms with Gasteiger partial charge in [-0.2, -0.15) is 0 Å². The van der Waals surface area contributed by atoms with E-state index in [1.165, 1.54) is 6.26 Å². The Balaban J connectivity index is 1.75. The maximum absolute atomic E-state index is 12.4. The Labute approximate surface area is 234 Å². The fourth-order valence-corrected chi connectivity index (χ4v) is 4.34. The van der Waals surface area contributed by atoms with Gasteiger partial charge in [-0.05, 0) is 18.6 Å². The van der Waals surface area contributed by atoms with Crippen molar-refractivity contribution in [3.05, 3.63) is 42.2 Å². The number of aliphatic carboxylic acids is 1. The maximum Gasteiger partial charge on any atom is 0.308 e. The second kappa shape index (κ2) is 14.5. The van der Waals surface area contributed by atoms with Crippen molar-refractivity contribution in [2.75, 3.05) is 13.2 Å². The van der Waals surface area contributed by atoms with Crippen molar-refractivity contribution in [3.63, 3.8) is 0 Å². The molecule has 0 spiro atoms. The summed E-state index contributed by atoms with van der Waals surface area (Å²) in [6, 6.07) is 8.94. The van der Waals surface area contributed by atoms with Crippen LogP contribution in [0.15, 0.2) is 36.6 Å². The van der Waals surface area contributed by atoms with Gasteiger partial charge in [0.15, 0.2) is 6.29 Å². The average Bonchev–Trinajstić information content (AvgIpc) is 2.91. The number of carbonyl (C=O) groups is 2. The lowest BCUT2D eigenvalue weighted by molar-refractivity contribution is -0.355. The highest BCUT2D eigenvalue weighted by atomic mass is 16.7. The number of aliphatic hydroxyl groups excluding tert-OH is 6. The molecular formula is C26H36O15. The highest BCUT2D eigenvalue weighted by molar-refractivity contribution is 5.73. The van der Waals surface area contributed by atoms with E-state index in [9.17, 15) is 45.3 Å². The number of carboxylic acid groups (broad SMARTS) is 1. The van der Waals surface area contributed by atoms with Crippen molar-refractivity contribution >= 4 is 18.0 Å². The molecule has 0 unspecified atom stereocenters. The van der Waals surface area contributed by atoms with Gasteiger partial charge < -0.3 is 64.5 Å². The molecular weight excluding hydrogens is 552 g/mol. The van der Waals surface area contributed by atoms with E-state index in [1.54, 1.807) is 30.3 Å². The standard InChI is InChI=1S/C26H36O15/c1-26(36,9-16(28)29)10-17(30)38-12-15-23(41-25-21(34)19(32)18(31)14(11-27)39-25)20(33)22(35)24(40-15)37-8-7-13-5-3-2-4-6-13/h2-8,14-15,18-25,27,31-36H,9-12H2,1H3,(H,28,29)/b8-7+/t14-,15-,18-,19+,20-,21-,22-,23-,24-,25+,26-/m1/s1. The van der Waals surface area contributed by atoms with Gasteiger partial charge in [-0.1, -0.05) is 30.3 Å². The highest BCUT2D eigenvalue weighted by Crippen LogP contribution is 2.30. The predicted octanol–water partition coefficient (Wildman–Crippen LogP) is -2.54. The summed E-state index contributed by atoms with van der Waals surface area (Å²) in [5.41, 5.74) is -1.17. The Morgan fingerprint density at radius 3 is 2.17 bits per heavy atom. The van der Waals surface area contributed by atoms with Gasteiger partial charge in [0.2, 0.25) is 6.29 Å². The monoisotopic (exact) mass is 588 g/mol. The van der Waals surface area contributed by atoms with E-state index in [0.717, 1.165) is 12.5 Å². The molecule has 0 saturated carbocycles. The minimum absolute atomic E-state index is 0.657. The molecule has 1 aromatic rings. The second-order valence-corrected chi connectivity index (χ2v) is 10.1. The Bertz CT molecular complexity index is 1020. The molecule has 15 nitrogen and oxygen atoms in total. The number of hydrogen-bond acceptors (Lipinski definition) is 14. The van der Waals surface area contributed by atoms with E-state index in [1.807, 2.05) is 6.07 Å². The van der Waals surface area contributed by atoms with E-state index >= 15 is 0 Å². The molecule has 2 fully saturated rings. The molecule has 2 aliphatic rings. The Kier molecular flexibility index (Phi) is 11.6. The average molecular weight is 589 g/mol. The van der Waals surface area contributed by atoms with Crippen molar-refractivity contribution in [1.29, 1.82) is 0 Å². The van der Waals surface area contributed by atoms with E-state index < -0.39 is 105 Å². The molecule has 0 radical (unpaired) electrons. The van der Waals surface area contributed by atoms with Crippen molar-refractivity contribution in [3.8, 4) is 0 Å². The lowest BCUT2D eigenvalue weighted by atomic mass is 9.97. The zero-order chi connectivity index (χ0) is 30.3. The summed E-state index contributed by atoms with van der Waals surface area (Å²) in [5.74, 6) is -2.36. The van der Waals surface area contributed by atoms with E-state index in [0.29, 0.717) is 0 Å². The molecule has 2 saturated heterocycles. The smallest absolute Gasteiger partial charge is 0.308 e. The fraction of sp³-hybridized carbons (Fsp3) is 0.615. The zero-order valence-electron chi connectivity index (χ0n) is 22.1. The summed E-state index contributed by atoms with van der Waals surface area (Å²) in [6.07, 6.45) is -15.1. The van der Waals surface area contributed by atoms with Gasteiger partial charge >= 0.3 is 11.9 Å². The van der Waals surface area contributed by atoms with Crippen LogP contribution >= 0.6 is 0 Å². The first-order valence-electron chi connectivity index (χ1n) is 12.8. The molecule has 0 amide bonds. The molecule has 0 aliphatic carbocycles.